The number of carbonyl (C=O) groups is 1. The van der Waals surface area contributed by atoms with Crippen LogP contribution >= 0.6 is 0 Å². The summed E-state index contributed by atoms with van der Waals surface area (Å²) in [7, 11) is 0. The van der Waals surface area contributed by atoms with Gasteiger partial charge in [0.25, 0.3) is 0 Å². The molecule has 0 spiro atoms. The Kier molecular flexibility index (Phi) is 6.09. The van der Waals surface area contributed by atoms with Crippen LogP contribution in [0.5, 0.6) is 0 Å². The maximum absolute atomic E-state index is 9.37. The summed E-state index contributed by atoms with van der Waals surface area (Å²) < 4.78 is 0. The van der Waals surface area contributed by atoms with Gasteiger partial charge in [-0.15, -0.1) is 0 Å². The molecule has 0 saturated heterocycles. The lowest BCUT2D eigenvalue weighted by Crippen LogP contribution is -1.90. The summed E-state index contributed by atoms with van der Waals surface area (Å²) in [6.07, 6.45) is 0.222. The smallest absolute Gasteiger partial charge is 0.303 e. The summed E-state index contributed by atoms with van der Waals surface area (Å²) in [5.74, 6) is -0.745. The van der Waals surface area contributed by atoms with Gasteiger partial charge in [-0.25, -0.2) is 0 Å². The van der Waals surface area contributed by atoms with Crippen LogP contribution in [0.4, 0.5) is 0 Å². The number of aliphatic carboxylic acids is 1. The number of carboxylic acid groups (broad SMARTS) is 1. The van der Waals surface area contributed by atoms with E-state index in [1.165, 1.54) is 43.8 Å². The lowest BCUT2D eigenvalue weighted by Gasteiger charge is -2.17. The molecular weight excluding hydrogens is 380 g/mol. The van der Waals surface area contributed by atoms with Crippen LogP contribution in [-0.4, -0.2) is 11.1 Å². The van der Waals surface area contributed by atoms with Gasteiger partial charge in [0.15, 0.2) is 0 Å². The minimum Gasteiger partial charge on any atom is -0.481 e. The summed E-state index contributed by atoms with van der Waals surface area (Å²) in [4.78, 5) is 9.37. The number of carboxylic acids is 1. The Labute approximate surface area is 182 Å². The largest absolute Gasteiger partial charge is 0.481 e. The van der Waals surface area contributed by atoms with E-state index in [0.717, 1.165) is 0 Å². The average molecular weight is 405 g/mol. The lowest BCUT2D eigenvalue weighted by molar-refractivity contribution is -0.136. The Hall–Kier alpha value is -3.91. The van der Waals surface area contributed by atoms with Gasteiger partial charge in [-0.2, -0.15) is 0 Å². The van der Waals surface area contributed by atoms with Crippen molar-refractivity contribution in [2.45, 2.75) is 13.3 Å². The number of hydrogen-bond acceptors (Lipinski definition) is 1. The zero-order chi connectivity index (χ0) is 21.6. The Balaban J connectivity index is 0.000000418. The third-order valence-corrected chi connectivity index (χ3v) is 5.36. The highest BCUT2D eigenvalue weighted by atomic mass is 16.4. The fourth-order valence-electron chi connectivity index (χ4n) is 3.96. The predicted octanol–water partition coefficient (Wildman–Crippen LogP) is 7.81. The van der Waals surface area contributed by atoms with E-state index in [2.05, 4.69) is 109 Å². The molecule has 5 aromatic rings. The van der Waals surface area contributed by atoms with E-state index >= 15 is 0 Å². The van der Waals surface area contributed by atoms with Gasteiger partial charge in [0.05, 0.1) is 0 Å². The molecule has 0 unspecified atom stereocenters. The minimum absolute atomic E-state index is 0.222. The summed E-state index contributed by atoms with van der Waals surface area (Å²) in [5.41, 5.74) is 5.16. The van der Waals surface area contributed by atoms with Crippen LogP contribution in [0, 0.1) is 0 Å². The first-order valence-electron chi connectivity index (χ1n) is 10.5. The van der Waals surface area contributed by atoms with Gasteiger partial charge < -0.3 is 5.11 Å². The van der Waals surface area contributed by atoms with E-state index in [1.54, 1.807) is 6.92 Å². The highest BCUT2D eigenvalue weighted by Crippen LogP contribution is 2.43. The van der Waals surface area contributed by atoms with E-state index in [1.807, 2.05) is 0 Å². The zero-order valence-electron chi connectivity index (χ0n) is 17.5. The van der Waals surface area contributed by atoms with Crippen LogP contribution in [0.1, 0.15) is 13.3 Å². The first-order valence-corrected chi connectivity index (χ1v) is 10.5. The molecule has 0 aliphatic carbocycles. The summed E-state index contributed by atoms with van der Waals surface area (Å²) in [6.45, 7) is 1.60. The highest BCUT2D eigenvalue weighted by molar-refractivity contribution is 6.21. The molecule has 0 amide bonds. The Morgan fingerprint density at radius 1 is 0.548 bits per heavy atom. The van der Waals surface area contributed by atoms with E-state index < -0.39 is 5.97 Å². The molecule has 31 heavy (non-hydrogen) atoms. The van der Waals surface area contributed by atoms with Crippen molar-refractivity contribution < 1.29 is 9.90 Å². The Morgan fingerprint density at radius 3 is 1.06 bits per heavy atom. The van der Waals surface area contributed by atoms with Crippen LogP contribution in [0.25, 0.3) is 43.8 Å². The molecule has 0 aliphatic rings. The van der Waals surface area contributed by atoms with E-state index in [-0.39, 0.29) is 6.42 Å². The van der Waals surface area contributed by atoms with Gasteiger partial charge in [-0.3, -0.25) is 4.79 Å². The molecule has 0 bridgehead atoms. The molecule has 0 heterocycles. The van der Waals surface area contributed by atoms with Crippen molar-refractivity contribution in [2.75, 3.05) is 0 Å². The van der Waals surface area contributed by atoms with Crippen LogP contribution < -0.4 is 0 Å². The number of hydrogen-bond donors (Lipinski definition) is 1. The second kappa shape index (κ2) is 9.27. The molecular formula is C29H24O2. The molecule has 0 radical (unpaired) electrons. The first kappa shape index (κ1) is 20.4. The van der Waals surface area contributed by atoms with E-state index in [9.17, 15) is 4.79 Å². The zero-order valence-corrected chi connectivity index (χ0v) is 17.5. The summed E-state index contributed by atoms with van der Waals surface area (Å²) in [6, 6.07) is 39.0. The van der Waals surface area contributed by atoms with Crippen LogP contribution in [0.2, 0.25) is 0 Å². The van der Waals surface area contributed by atoms with Gasteiger partial charge in [0, 0.05) is 6.42 Å². The fourth-order valence-corrected chi connectivity index (χ4v) is 3.96. The second-order valence-corrected chi connectivity index (χ2v) is 7.32. The SMILES string of the molecule is CCC(=O)O.c1ccc(-c2c3ccccc3c(-c3ccccc3)c3ccccc23)cc1. The first-order chi connectivity index (χ1) is 15.2. The van der Waals surface area contributed by atoms with Crippen molar-refractivity contribution >= 4 is 27.5 Å². The molecule has 0 saturated carbocycles. The lowest BCUT2D eigenvalue weighted by atomic mass is 9.86. The molecule has 152 valence electrons. The number of rotatable bonds is 3. The van der Waals surface area contributed by atoms with Crippen molar-refractivity contribution in [3.8, 4) is 22.3 Å². The van der Waals surface area contributed by atoms with Crippen molar-refractivity contribution in [3.63, 3.8) is 0 Å². The summed E-state index contributed by atoms with van der Waals surface area (Å²) in [5, 5.41) is 12.9. The van der Waals surface area contributed by atoms with Gasteiger partial charge >= 0.3 is 5.97 Å². The Morgan fingerprint density at radius 2 is 0.806 bits per heavy atom. The van der Waals surface area contributed by atoms with Crippen LogP contribution in [0.3, 0.4) is 0 Å². The topological polar surface area (TPSA) is 37.3 Å². The third kappa shape index (κ3) is 4.19. The molecule has 2 heteroatoms. The maximum atomic E-state index is 9.37. The average Bonchev–Trinajstić information content (AvgIpc) is 2.84. The molecule has 0 aliphatic heterocycles. The molecule has 0 aromatic heterocycles. The molecule has 1 N–H and O–H groups in total. The van der Waals surface area contributed by atoms with Gasteiger partial charge in [0.1, 0.15) is 0 Å². The Bertz CT molecular complexity index is 1170. The third-order valence-electron chi connectivity index (χ3n) is 5.36. The maximum Gasteiger partial charge on any atom is 0.303 e. The number of fused-ring (bicyclic) bond motifs is 2. The van der Waals surface area contributed by atoms with Crippen LogP contribution in [-0.2, 0) is 4.79 Å². The van der Waals surface area contributed by atoms with Crippen molar-refractivity contribution in [2.24, 2.45) is 0 Å². The van der Waals surface area contributed by atoms with Gasteiger partial charge in [0.2, 0.25) is 0 Å². The summed E-state index contributed by atoms with van der Waals surface area (Å²) >= 11 is 0. The van der Waals surface area contributed by atoms with E-state index in [0.29, 0.717) is 0 Å². The monoisotopic (exact) mass is 404 g/mol. The van der Waals surface area contributed by atoms with Crippen molar-refractivity contribution in [1.82, 2.24) is 0 Å². The van der Waals surface area contributed by atoms with Gasteiger partial charge in [-0.05, 0) is 43.8 Å². The van der Waals surface area contributed by atoms with Crippen molar-refractivity contribution in [1.29, 1.82) is 0 Å². The molecule has 0 fully saturated rings. The minimum atomic E-state index is -0.745. The molecule has 0 atom stereocenters. The molecule has 5 rings (SSSR count). The van der Waals surface area contributed by atoms with E-state index in [4.69, 9.17) is 5.11 Å². The van der Waals surface area contributed by atoms with Crippen LogP contribution in [0.15, 0.2) is 109 Å². The quantitative estimate of drug-likeness (QED) is 0.311. The molecule has 5 aromatic carbocycles. The second-order valence-electron chi connectivity index (χ2n) is 7.32. The van der Waals surface area contributed by atoms with Crippen molar-refractivity contribution in [3.05, 3.63) is 109 Å². The highest BCUT2D eigenvalue weighted by Gasteiger charge is 2.15. The predicted molar refractivity (Wildman–Crippen MR) is 130 cm³/mol. The van der Waals surface area contributed by atoms with Gasteiger partial charge in [-0.1, -0.05) is 116 Å². The standard InChI is InChI=1S/C26H18.C3H6O2/c1-3-11-19(12-4-1)25-21-15-7-9-17-23(21)26(20-13-5-2-6-14-20)24-18-10-8-16-22(24)25;1-2-3(4)5/h1-18H;2H2,1H3,(H,4,5). The fraction of sp³-hybridized carbons (Fsp3) is 0.0690. The number of benzene rings is 5. The molecule has 2 nitrogen and oxygen atoms in total. The normalized spacial score (nSPS) is 10.5.